The molecule has 1 aromatic rings. The molecular formula is C16H27N3. The van der Waals surface area contributed by atoms with E-state index >= 15 is 0 Å². The number of aryl methyl sites for hydroxylation is 2. The van der Waals surface area contributed by atoms with Gasteiger partial charge in [0.1, 0.15) is 5.82 Å². The van der Waals surface area contributed by atoms with E-state index in [2.05, 4.69) is 35.0 Å². The van der Waals surface area contributed by atoms with E-state index in [1.54, 1.807) is 0 Å². The summed E-state index contributed by atoms with van der Waals surface area (Å²) in [5, 5.41) is 3.68. The van der Waals surface area contributed by atoms with E-state index in [4.69, 9.17) is 0 Å². The lowest BCUT2D eigenvalue weighted by Crippen LogP contribution is -2.34. The summed E-state index contributed by atoms with van der Waals surface area (Å²) in [7, 11) is 2.11. The number of nitrogens with zero attached hydrogens (tertiary/aromatic N) is 2. The van der Waals surface area contributed by atoms with Crippen molar-refractivity contribution in [3.05, 3.63) is 18.2 Å². The molecule has 2 atom stereocenters. The standard InChI is InChI=1S/C16H27N3/c1-3-6-17-12-16(10-13-9-14(13)11-16)5-4-15-18-7-8-19(15)2/h7-8,13-14,17H,3-6,9-12H2,1-2H3. The molecule has 0 radical (unpaired) electrons. The molecule has 106 valence electrons. The molecule has 3 heteroatoms. The molecule has 0 amide bonds. The van der Waals surface area contributed by atoms with Crippen LogP contribution >= 0.6 is 0 Å². The quantitative estimate of drug-likeness (QED) is 0.765. The summed E-state index contributed by atoms with van der Waals surface area (Å²) in [6.45, 7) is 4.64. The summed E-state index contributed by atoms with van der Waals surface area (Å²) in [4.78, 5) is 4.48. The molecular weight excluding hydrogens is 234 g/mol. The maximum atomic E-state index is 4.48. The monoisotopic (exact) mass is 261 g/mol. The second-order valence-electron chi connectivity index (χ2n) is 6.80. The molecule has 0 saturated heterocycles. The number of fused-ring (bicyclic) bond motifs is 1. The Kier molecular flexibility index (Phi) is 3.66. The molecule has 1 aromatic heterocycles. The lowest BCUT2D eigenvalue weighted by Gasteiger charge is -2.31. The summed E-state index contributed by atoms with van der Waals surface area (Å²) < 4.78 is 2.17. The molecule has 19 heavy (non-hydrogen) atoms. The lowest BCUT2D eigenvalue weighted by molar-refractivity contribution is 0.229. The van der Waals surface area contributed by atoms with Crippen molar-refractivity contribution in [3.63, 3.8) is 0 Å². The maximum absolute atomic E-state index is 4.48. The van der Waals surface area contributed by atoms with E-state index < -0.39 is 0 Å². The lowest BCUT2D eigenvalue weighted by atomic mass is 9.78. The second kappa shape index (κ2) is 5.28. The highest BCUT2D eigenvalue weighted by Crippen LogP contribution is 2.61. The maximum Gasteiger partial charge on any atom is 0.108 e. The summed E-state index contributed by atoms with van der Waals surface area (Å²) >= 11 is 0. The molecule has 2 saturated carbocycles. The van der Waals surface area contributed by atoms with Gasteiger partial charge in [0.15, 0.2) is 0 Å². The highest BCUT2D eigenvalue weighted by Gasteiger charge is 2.52. The van der Waals surface area contributed by atoms with Crippen molar-refractivity contribution in [2.24, 2.45) is 24.3 Å². The molecule has 2 aliphatic rings. The van der Waals surface area contributed by atoms with Gasteiger partial charge >= 0.3 is 0 Å². The molecule has 0 aromatic carbocycles. The topological polar surface area (TPSA) is 29.9 Å². The van der Waals surface area contributed by atoms with Gasteiger partial charge in [-0.15, -0.1) is 0 Å². The van der Waals surface area contributed by atoms with Gasteiger partial charge in [0, 0.05) is 32.4 Å². The Bertz CT molecular complexity index is 413. The van der Waals surface area contributed by atoms with Crippen LogP contribution < -0.4 is 5.32 Å². The fraction of sp³-hybridized carbons (Fsp3) is 0.812. The number of hydrogen-bond acceptors (Lipinski definition) is 2. The third-order valence-electron chi connectivity index (χ3n) is 5.19. The number of nitrogens with one attached hydrogen (secondary N) is 1. The molecule has 0 bridgehead atoms. The normalized spacial score (nSPS) is 32.5. The molecule has 2 aliphatic carbocycles. The van der Waals surface area contributed by atoms with Crippen molar-refractivity contribution in [1.82, 2.24) is 14.9 Å². The first-order valence-electron chi connectivity index (χ1n) is 7.89. The van der Waals surface area contributed by atoms with Crippen molar-refractivity contribution in [3.8, 4) is 0 Å². The SMILES string of the molecule is CCCNCC1(CCc2nccn2C)CC2CC2C1. The molecule has 0 aliphatic heterocycles. The van der Waals surface area contributed by atoms with E-state index in [1.165, 1.54) is 51.0 Å². The van der Waals surface area contributed by atoms with Crippen LogP contribution in [0.2, 0.25) is 0 Å². The minimum Gasteiger partial charge on any atom is -0.338 e. The third kappa shape index (κ3) is 2.86. The van der Waals surface area contributed by atoms with E-state index in [0.717, 1.165) is 18.3 Å². The first-order valence-corrected chi connectivity index (χ1v) is 7.89. The van der Waals surface area contributed by atoms with Gasteiger partial charge in [-0.2, -0.15) is 0 Å². The number of rotatable bonds is 7. The van der Waals surface area contributed by atoms with Crippen LogP contribution in [-0.2, 0) is 13.5 Å². The molecule has 3 rings (SSSR count). The minimum atomic E-state index is 0.564. The Hall–Kier alpha value is -0.830. The van der Waals surface area contributed by atoms with Gasteiger partial charge < -0.3 is 9.88 Å². The van der Waals surface area contributed by atoms with Crippen LogP contribution in [0.5, 0.6) is 0 Å². The van der Waals surface area contributed by atoms with Crippen LogP contribution in [0, 0.1) is 17.3 Å². The first-order chi connectivity index (χ1) is 9.22. The fourth-order valence-electron chi connectivity index (χ4n) is 3.99. The number of aromatic nitrogens is 2. The largest absolute Gasteiger partial charge is 0.338 e. The molecule has 0 spiro atoms. The Labute approximate surface area is 116 Å². The Morgan fingerprint density at radius 2 is 2.21 bits per heavy atom. The summed E-state index contributed by atoms with van der Waals surface area (Å²) in [6.07, 6.45) is 12.1. The van der Waals surface area contributed by atoms with Gasteiger partial charge in [0.2, 0.25) is 0 Å². The zero-order valence-electron chi connectivity index (χ0n) is 12.4. The predicted octanol–water partition coefficient (Wildman–Crippen LogP) is 2.77. The molecule has 2 fully saturated rings. The Morgan fingerprint density at radius 3 is 2.84 bits per heavy atom. The van der Waals surface area contributed by atoms with Gasteiger partial charge in [-0.1, -0.05) is 6.92 Å². The van der Waals surface area contributed by atoms with Crippen LogP contribution in [0.25, 0.3) is 0 Å². The third-order valence-corrected chi connectivity index (χ3v) is 5.19. The van der Waals surface area contributed by atoms with E-state index in [1.807, 2.05) is 6.20 Å². The summed E-state index contributed by atoms with van der Waals surface area (Å²) in [5.74, 6) is 3.37. The van der Waals surface area contributed by atoms with Crippen LogP contribution in [0.3, 0.4) is 0 Å². The smallest absolute Gasteiger partial charge is 0.108 e. The second-order valence-corrected chi connectivity index (χ2v) is 6.80. The summed E-state index contributed by atoms with van der Waals surface area (Å²) in [5.41, 5.74) is 0.564. The highest BCUT2D eigenvalue weighted by atomic mass is 15.0. The molecule has 1 N–H and O–H groups in total. The first kappa shape index (κ1) is 13.2. The molecule has 1 heterocycles. The van der Waals surface area contributed by atoms with Crippen LogP contribution in [0.4, 0.5) is 0 Å². The van der Waals surface area contributed by atoms with Crippen LogP contribution in [0.1, 0.15) is 44.9 Å². The predicted molar refractivity (Wildman–Crippen MR) is 78.0 cm³/mol. The van der Waals surface area contributed by atoms with E-state index in [0.29, 0.717) is 5.41 Å². The number of hydrogen-bond donors (Lipinski definition) is 1. The van der Waals surface area contributed by atoms with Crippen LogP contribution in [-0.4, -0.2) is 22.6 Å². The van der Waals surface area contributed by atoms with Gasteiger partial charge in [0.25, 0.3) is 0 Å². The van der Waals surface area contributed by atoms with Crippen molar-refractivity contribution >= 4 is 0 Å². The molecule has 2 unspecified atom stereocenters. The average molecular weight is 261 g/mol. The van der Waals surface area contributed by atoms with Crippen molar-refractivity contribution in [2.75, 3.05) is 13.1 Å². The molecule has 3 nitrogen and oxygen atoms in total. The van der Waals surface area contributed by atoms with Crippen molar-refractivity contribution in [1.29, 1.82) is 0 Å². The van der Waals surface area contributed by atoms with Crippen LogP contribution in [0.15, 0.2) is 12.4 Å². The zero-order valence-corrected chi connectivity index (χ0v) is 12.4. The van der Waals surface area contributed by atoms with Gasteiger partial charge in [-0.05, 0) is 55.9 Å². The minimum absolute atomic E-state index is 0.564. The average Bonchev–Trinajstić information content (AvgIpc) is 2.83. The zero-order chi connectivity index (χ0) is 13.3. The van der Waals surface area contributed by atoms with Crippen molar-refractivity contribution < 1.29 is 0 Å². The number of imidazole rings is 1. The summed E-state index contributed by atoms with van der Waals surface area (Å²) in [6, 6.07) is 0. The Balaban J connectivity index is 1.58. The van der Waals surface area contributed by atoms with Gasteiger partial charge in [0.05, 0.1) is 0 Å². The Morgan fingerprint density at radius 1 is 1.42 bits per heavy atom. The van der Waals surface area contributed by atoms with Gasteiger partial charge in [-0.3, -0.25) is 0 Å². The van der Waals surface area contributed by atoms with Gasteiger partial charge in [-0.25, -0.2) is 4.98 Å². The fourth-order valence-corrected chi connectivity index (χ4v) is 3.99. The van der Waals surface area contributed by atoms with Crippen molar-refractivity contribution in [2.45, 2.75) is 45.4 Å². The highest BCUT2D eigenvalue weighted by molar-refractivity contribution is 5.05. The van der Waals surface area contributed by atoms with E-state index in [9.17, 15) is 0 Å². The van der Waals surface area contributed by atoms with E-state index in [-0.39, 0.29) is 0 Å².